The molecule has 0 spiro atoms. The highest BCUT2D eigenvalue weighted by Crippen LogP contribution is 2.21. The van der Waals surface area contributed by atoms with Gasteiger partial charge < -0.3 is 5.32 Å². The van der Waals surface area contributed by atoms with E-state index in [1.807, 2.05) is 63.7 Å². The fourth-order valence-corrected chi connectivity index (χ4v) is 3.21. The zero-order valence-electron chi connectivity index (χ0n) is 20.1. The SMILES string of the molecule is CNCc1cnc(-c2ccnc(C)c2)c(C)c1.C\C=C/C(=C\C=C\CC)c1cnn(C=O)c1. The van der Waals surface area contributed by atoms with Crippen LogP contribution in [-0.2, 0) is 11.3 Å². The Balaban J connectivity index is 0.000000234. The molecule has 0 atom stereocenters. The van der Waals surface area contributed by atoms with E-state index in [0.717, 1.165) is 41.1 Å². The Bertz CT molecular complexity index is 1130. The van der Waals surface area contributed by atoms with Gasteiger partial charge in [-0.2, -0.15) is 5.10 Å². The molecular weight excluding hydrogens is 410 g/mol. The molecule has 0 aliphatic rings. The molecule has 0 aliphatic carbocycles. The maximum Gasteiger partial charge on any atom is 0.234 e. The van der Waals surface area contributed by atoms with Crippen LogP contribution in [0.2, 0.25) is 0 Å². The minimum absolute atomic E-state index is 0.679. The first-order valence-corrected chi connectivity index (χ1v) is 11.0. The summed E-state index contributed by atoms with van der Waals surface area (Å²) in [5.41, 5.74) is 7.57. The monoisotopic (exact) mass is 443 g/mol. The molecule has 0 bridgehead atoms. The molecule has 6 nitrogen and oxygen atoms in total. The van der Waals surface area contributed by atoms with Gasteiger partial charge >= 0.3 is 0 Å². The molecule has 0 unspecified atom stereocenters. The molecule has 3 rings (SSSR count). The van der Waals surface area contributed by atoms with Crippen molar-refractivity contribution in [2.75, 3.05) is 7.05 Å². The van der Waals surface area contributed by atoms with E-state index < -0.39 is 0 Å². The van der Waals surface area contributed by atoms with Crippen LogP contribution >= 0.6 is 0 Å². The van der Waals surface area contributed by atoms with Gasteiger partial charge in [0.2, 0.25) is 6.41 Å². The Hall–Kier alpha value is -3.64. The van der Waals surface area contributed by atoms with Crippen LogP contribution in [0.3, 0.4) is 0 Å². The molecule has 0 radical (unpaired) electrons. The summed E-state index contributed by atoms with van der Waals surface area (Å²) in [6, 6.07) is 6.24. The van der Waals surface area contributed by atoms with Crippen LogP contribution in [0.5, 0.6) is 0 Å². The third-order valence-electron chi connectivity index (χ3n) is 4.72. The number of hydrogen-bond donors (Lipinski definition) is 1. The maximum atomic E-state index is 10.5. The molecule has 33 heavy (non-hydrogen) atoms. The van der Waals surface area contributed by atoms with Gasteiger partial charge in [0, 0.05) is 42.0 Å². The molecule has 172 valence electrons. The molecule has 6 heteroatoms. The highest BCUT2D eigenvalue weighted by Gasteiger charge is 2.05. The molecule has 3 heterocycles. The van der Waals surface area contributed by atoms with Crippen LogP contribution in [0, 0.1) is 13.8 Å². The van der Waals surface area contributed by atoms with Gasteiger partial charge in [0.15, 0.2) is 0 Å². The zero-order valence-corrected chi connectivity index (χ0v) is 20.1. The average molecular weight is 444 g/mol. The van der Waals surface area contributed by atoms with Gasteiger partial charge in [0.25, 0.3) is 0 Å². The van der Waals surface area contributed by atoms with Crippen molar-refractivity contribution in [1.29, 1.82) is 0 Å². The second-order valence-electron chi connectivity index (χ2n) is 7.50. The predicted octanol–water partition coefficient (Wildman–Crippen LogP) is 5.33. The third-order valence-corrected chi connectivity index (χ3v) is 4.72. The van der Waals surface area contributed by atoms with E-state index in [1.165, 1.54) is 15.8 Å². The van der Waals surface area contributed by atoms with Crippen LogP contribution in [0.4, 0.5) is 0 Å². The number of allylic oxidation sites excluding steroid dienone is 6. The molecule has 0 saturated heterocycles. The molecular formula is C27H33N5O. The lowest BCUT2D eigenvalue weighted by atomic mass is 10.1. The van der Waals surface area contributed by atoms with Crippen molar-refractivity contribution < 1.29 is 4.79 Å². The number of aryl methyl sites for hydroxylation is 2. The standard InChI is InChI=1S/C14H17N3.C13H16N2O/c1-10-6-12(8-15-3)9-17-14(10)13-4-5-16-11(2)7-13;1-3-5-6-8-12(7-4-2)13-9-14-15(10-13)11-16/h4-7,9,15H,8H2,1-3H3;4-11H,3H2,1-2H3/b;6-5+,7-4-,12-8+. The van der Waals surface area contributed by atoms with Crippen molar-refractivity contribution in [2.45, 2.75) is 40.7 Å². The Kier molecular flexibility index (Phi) is 10.6. The lowest BCUT2D eigenvalue weighted by molar-refractivity contribution is 0.540. The maximum absolute atomic E-state index is 10.5. The summed E-state index contributed by atoms with van der Waals surface area (Å²) < 4.78 is 1.26. The topological polar surface area (TPSA) is 72.7 Å². The molecule has 0 saturated carbocycles. The number of carbonyl (C=O) groups excluding carboxylic acids is 1. The van der Waals surface area contributed by atoms with Crippen LogP contribution in [0.15, 0.2) is 73.4 Å². The highest BCUT2D eigenvalue weighted by atomic mass is 16.1. The lowest BCUT2D eigenvalue weighted by Crippen LogP contribution is -2.06. The quantitative estimate of drug-likeness (QED) is 0.376. The Morgan fingerprint density at radius 2 is 2.00 bits per heavy atom. The number of nitrogens with one attached hydrogen (secondary N) is 1. The Morgan fingerprint density at radius 1 is 1.18 bits per heavy atom. The number of carbonyl (C=O) groups is 1. The lowest BCUT2D eigenvalue weighted by Gasteiger charge is -2.08. The van der Waals surface area contributed by atoms with Crippen molar-refractivity contribution in [2.24, 2.45) is 0 Å². The van der Waals surface area contributed by atoms with Crippen LogP contribution < -0.4 is 5.32 Å². The first-order valence-electron chi connectivity index (χ1n) is 11.0. The van der Waals surface area contributed by atoms with Crippen molar-refractivity contribution in [1.82, 2.24) is 25.1 Å². The molecule has 0 aliphatic heterocycles. The fourth-order valence-electron chi connectivity index (χ4n) is 3.21. The molecule has 0 fully saturated rings. The normalized spacial score (nSPS) is 11.6. The number of hydrogen-bond acceptors (Lipinski definition) is 5. The smallest absolute Gasteiger partial charge is 0.234 e. The minimum atomic E-state index is 0.679. The van der Waals surface area contributed by atoms with E-state index in [1.54, 1.807) is 12.4 Å². The molecule has 3 aromatic rings. The number of pyridine rings is 2. The number of aromatic nitrogens is 4. The second kappa shape index (κ2) is 13.7. The number of nitrogens with zero attached hydrogens (tertiary/aromatic N) is 4. The average Bonchev–Trinajstić information content (AvgIpc) is 3.29. The van der Waals surface area contributed by atoms with Crippen LogP contribution in [0.25, 0.3) is 16.8 Å². The van der Waals surface area contributed by atoms with Crippen molar-refractivity contribution in [3.8, 4) is 11.3 Å². The fraction of sp³-hybridized carbons (Fsp3) is 0.259. The van der Waals surface area contributed by atoms with Gasteiger partial charge in [0.05, 0.1) is 11.9 Å². The van der Waals surface area contributed by atoms with E-state index in [9.17, 15) is 4.79 Å². The van der Waals surface area contributed by atoms with Gasteiger partial charge in [-0.05, 0) is 63.1 Å². The molecule has 0 amide bonds. The van der Waals surface area contributed by atoms with Gasteiger partial charge in [-0.1, -0.05) is 43.4 Å². The van der Waals surface area contributed by atoms with E-state index in [0.29, 0.717) is 6.41 Å². The van der Waals surface area contributed by atoms with Crippen LogP contribution in [0.1, 0.15) is 42.7 Å². The minimum Gasteiger partial charge on any atom is -0.316 e. The summed E-state index contributed by atoms with van der Waals surface area (Å²) in [5, 5.41) is 7.05. The van der Waals surface area contributed by atoms with Gasteiger partial charge in [-0.3, -0.25) is 14.8 Å². The van der Waals surface area contributed by atoms with Gasteiger partial charge in [-0.15, -0.1) is 0 Å². The molecule has 1 N–H and O–H groups in total. The first kappa shape index (κ1) is 25.6. The summed E-state index contributed by atoms with van der Waals surface area (Å²) in [4.78, 5) is 19.3. The van der Waals surface area contributed by atoms with Crippen molar-refractivity contribution in [3.63, 3.8) is 0 Å². The van der Waals surface area contributed by atoms with E-state index in [-0.39, 0.29) is 0 Å². The Labute approximate surface area is 196 Å². The summed E-state index contributed by atoms with van der Waals surface area (Å²) in [5.74, 6) is 0. The largest absolute Gasteiger partial charge is 0.316 e. The van der Waals surface area contributed by atoms with Gasteiger partial charge in [0.1, 0.15) is 0 Å². The van der Waals surface area contributed by atoms with Crippen molar-refractivity contribution in [3.05, 3.63) is 95.8 Å². The molecule has 3 aromatic heterocycles. The van der Waals surface area contributed by atoms with E-state index in [2.05, 4.69) is 52.4 Å². The second-order valence-corrected chi connectivity index (χ2v) is 7.50. The summed E-state index contributed by atoms with van der Waals surface area (Å²) in [6.45, 7) is 8.99. The summed E-state index contributed by atoms with van der Waals surface area (Å²) in [7, 11) is 1.94. The predicted molar refractivity (Wildman–Crippen MR) is 136 cm³/mol. The van der Waals surface area contributed by atoms with Crippen LogP contribution in [-0.4, -0.2) is 33.2 Å². The summed E-state index contributed by atoms with van der Waals surface area (Å²) >= 11 is 0. The summed E-state index contributed by atoms with van der Waals surface area (Å²) in [6.07, 6.45) is 18.9. The zero-order chi connectivity index (χ0) is 24.1. The first-order chi connectivity index (χ1) is 16.0. The highest BCUT2D eigenvalue weighted by molar-refractivity contribution is 5.75. The van der Waals surface area contributed by atoms with Crippen molar-refractivity contribution >= 4 is 12.0 Å². The third kappa shape index (κ3) is 8.09. The van der Waals surface area contributed by atoms with E-state index in [4.69, 9.17) is 0 Å². The van der Waals surface area contributed by atoms with E-state index >= 15 is 0 Å². The Morgan fingerprint density at radius 3 is 2.61 bits per heavy atom. The van der Waals surface area contributed by atoms with Gasteiger partial charge in [-0.25, -0.2) is 4.68 Å². The number of rotatable bonds is 8. The molecule has 0 aromatic carbocycles.